The summed E-state index contributed by atoms with van der Waals surface area (Å²) in [6.45, 7) is 1.70. The van der Waals surface area contributed by atoms with Crippen molar-refractivity contribution in [1.29, 1.82) is 0 Å². The summed E-state index contributed by atoms with van der Waals surface area (Å²) in [5, 5.41) is 6.74. The number of aryl methyl sites for hydroxylation is 1. The Morgan fingerprint density at radius 3 is 2.43 bits per heavy atom. The van der Waals surface area contributed by atoms with Crippen LogP contribution in [0.2, 0.25) is 0 Å². The molecular weight excluding hydrogens is 356 g/mol. The highest BCUT2D eigenvalue weighted by atomic mass is 16.5. The number of hydrogen-bond donors (Lipinski definition) is 1. The lowest BCUT2D eigenvalue weighted by molar-refractivity contribution is -0.131. The van der Waals surface area contributed by atoms with Gasteiger partial charge in [0, 0.05) is 5.56 Å². The highest BCUT2D eigenvalue weighted by Gasteiger charge is 2.47. The van der Waals surface area contributed by atoms with Crippen LogP contribution in [-0.2, 0) is 17.8 Å². The first-order chi connectivity index (χ1) is 13.5. The SMILES string of the molecule is CC1(CCc2ccccc2)NC(=O)N(Cc2nc(-c3ccccc3)no2)C1=O. The molecule has 7 heteroatoms. The lowest BCUT2D eigenvalue weighted by Crippen LogP contribution is -2.44. The number of urea groups is 1. The molecule has 0 radical (unpaired) electrons. The van der Waals surface area contributed by atoms with E-state index in [0.29, 0.717) is 18.7 Å². The van der Waals surface area contributed by atoms with Crippen LogP contribution in [0.5, 0.6) is 0 Å². The molecule has 1 N–H and O–H groups in total. The van der Waals surface area contributed by atoms with Gasteiger partial charge in [0.05, 0.1) is 0 Å². The lowest BCUT2D eigenvalue weighted by atomic mass is 9.93. The maximum atomic E-state index is 12.9. The second-order valence-corrected chi connectivity index (χ2v) is 7.02. The summed E-state index contributed by atoms with van der Waals surface area (Å²) in [5.74, 6) is 0.358. The average Bonchev–Trinajstić information content (AvgIpc) is 3.27. The smallest absolute Gasteiger partial charge is 0.325 e. The summed E-state index contributed by atoms with van der Waals surface area (Å²) in [6.07, 6.45) is 1.20. The molecule has 0 spiro atoms. The molecule has 1 saturated heterocycles. The minimum atomic E-state index is -0.949. The van der Waals surface area contributed by atoms with Gasteiger partial charge in [-0.05, 0) is 25.3 Å². The third-order valence-corrected chi connectivity index (χ3v) is 4.90. The van der Waals surface area contributed by atoms with Gasteiger partial charge in [-0.3, -0.25) is 9.69 Å². The molecular formula is C21H20N4O3. The molecule has 2 heterocycles. The Kier molecular flexibility index (Phi) is 4.65. The lowest BCUT2D eigenvalue weighted by Gasteiger charge is -2.21. The molecule has 1 atom stereocenters. The maximum Gasteiger partial charge on any atom is 0.325 e. The zero-order valence-corrected chi connectivity index (χ0v) is 15.5. The van der Waals surface area contributed by atoms with Crippen LogP contribution in [0.4, 0.5) is 4.79 Å². The zero-order valence-electron chi connectivity index (χ0n) is 15.5. The van der Waals surface area contributed by atoms with Crippen molar-refractivity contribution in [3.63, 3.8) is 0 Å². The van der Waals surface area contributed by atoms with E-state index in [1.165, 1.54) is 0 Å². The van der Waals surface area contributed by atoms with Gasteiger partial charge in [0.2, 0.25) is 11.7 Å². The standard InChI is InChI=1S/C21H20N4O3/c1-21(13-12-15-8-4-2-5-9-15)19(26)25(20(27)23-21)14-17-22-18(24-28-17)16-10-6-3-7-11-16/h2-11H,12-14H2,1H3,(H,23,27). The Bertz CT molecular complexity index is 987. The van der Waals surface area contributed by atoms with Crippen molar-refractivity contribution in [2.24, 2.45) is 0 Å². The number of nitrogens with one attached hydrogen (secondary N) is 1. The number of benzene rings is 2. The van der Waals surface area contributed by atoms with Gasteiger partial charge in [-0.15, -0.1) is 0 Å². The number of imide groups is 1. The Labute approximate surface area is 162 Å². The van der Waals surface area contributed by atoms with E-state index in [0.717, 1.165) is 16.0 Å². The normalized spacial score (nSPS) is 19.1. The highest BCUT2D eigenvalue weighted by Crippen LogP contribution is 2.25. The minimum Gasteiger partial charge on any atom is -0.337 e. The van der Waals surface area contributed by atoms with Crippen molar-refractivity contribution < 1.29 is 14.1 Å². The number of aromatic nitrogens is 2. The average molecular weight is 376 g/mol. The van der Waals surface area contributed by atoms with Gasteiger partial charge >= 0.3 is 6.03 Å². The van der Waals surface area contributed by atoms with Gasteiger partial charge in [-0.2, -0.15) is 4.98 Å². The molecule has 0 aliphatic carbocycles. The van der Waals surface area contributed by atoms with E-state index >= 15 is 0 Å². The summed E-state index contributed by atoms with van der Waals surface area (Å²) >= 11 is 0. The first-order valence-corrected chi connectivity index (χ1v) is 9.11. The molecule has 7 nitrogen and oxygen atoms in total. The fourth-order valence-electron chi connectivity index (χ4n) is 3.26. The third kappa shape index (κ3) is 3.51. The monoisotopic (exact) mass is 376 g/mol. The third-order valence-electron chi connectivity index (χ3n) is 4.90. The van der Waals surface area contributed by atoms with E-state index in [2.05, 4.69) is 15.5 Å². The topological polar surface area (TPSA) is 88.3 Å². The van der Waals surface area contributed by atoms with Gasteiger partial charge in [0.1, 0.15) is 12.1 Å². The quantitative estimate of drug-likeness (QED) is 0.668. The highest BCUT2D eigenvalue weighted by molar-refractivity contribution is 6.06. The molecule has 1 unspecified atom stereocenters. The fraction of sp³-hybridized carbons (Fsp3) is 0.238. The van der Waals surface area contributed by atoms with E-state index in [9.17, 15) is 9.59 Å². The van der Waals surface area contributed by atoms with Gasteiger partial charge < -0.3 is 9.84 Å². The van der Waals surface area contributed by atoms with Gasteiger partial charge in [0.25, 0.3) is 5.91 Å². The second-order valence-electron chi connectivity index (χ2n) is 7.02. The second kappa shape index (κ2) is 7.26. The molecule has 1 aliphatic heterocycles. The molecule has 28 heavy (non-hydrogen) atoms. The maximum absolute atomic E-state index is 12.9. The van der Waals surface area contributed by atoms with Gasteiger partial charge in [-0.1, -0.05) is 65.8 Å². The summed E-state index contributed by atoms with van der Waals surface area (Å²) in [6, 6.07) is 18.8. The van der Waals surface area contributed by atoms with Gasteiger partial charge in [0.15, 0.2) is 0 Å². The summed E-state index contributed by atoms with van der Waals surface area (Å²) in [7, 11) is 0. The predicted molar refractivity (Wildman–Crippen MR) is 102 cm³/mol. The number of amides is 3. The van der Waals surface area contributed by atoms with E-state index < -0.39 is 11.6 Å². The van der Waals surface area contributed by atoms with Crippen LogP contribution in [0.15, 0.2) is 65.2 Å². The minimum absolute atomic E-state index is 0.0502. The molecule has 1 fully saturated rings. The van der Waals surface area contributed by atoms with E-state index in [-0.39, 0.29) is 18.3 Å². The Balaban J connectivity index is 1.45. The summed E-state index contributed by atoms with van der Waals surface area (Å²) in [4.78, 5) is 30.7. The molecule has 0 bridgehead atoms. The van der Waals surface area contributed by atoms with Crippen molar-refractivity contribution in [1.82, 2.24) is 20.4 Å². The van der Waals surface area contributed by atoms with Crippen molar-refractivity contribution in [2.45, 2.75) is 31.8 Å². The van der Waals surface area contributed by atoms with Crippen LogP contribution < -0.4 is 5.32 Å². The molecule has 142 valence electrons. The molecule has 1 aliphatic rings. The number of carbonyl (C=O) groups excluding carboxylic acids is 2. The van der Waals surface area contributed by atoms with E-state index in [4.69, 9.17) is 4.52 Å². The number of carbonyl (C=O) groups is 2. The molecule has 4 rings (SSSR count). The molecule has 0 saturated carbocycles. The number of hydrogen-bond acceptors (Lipinski definition) is 5. The van der Waals surface area contributed by atoms with Crippen LogP contribution in [-0.4, -0.2) is 32.5 Å². The Hall–Kier alpha value is -3.48. The van der Waals surface area contributed by atoms with Crippen molar-refractivity contribution >= 4 is 11.9 Å². The fourth-order valence-corrected chi connectivity index (χ4v) is 3.26. The van der Waals surface area contributed by atoms with Crippen LogP contribution >= 0.6 is 0 Å². The molecule has 1 aromatic heterocycles. The first-order valence-electron chi connectivity index (χ1n) is 9.11. The largest absolute Gasteiger partial charge is 0.337 e. The van der Waals surface area contributed by atoms with Crippen LogP contribution in [0, 0.1) is 0 Å². The van der Waals surface area contributed by atoms with Gasteiger partial charge in [-0.25, -0.2) is 4.79 Å². The Morgan fingerprint density at radius 1 is 1.04 bits per heavy atom. The molecule has 2 aromatic carbocycles. The zero-order chi connectivity index (χ0) is 19.6. The van der Waals surface area contributed by atoms with Crippen molar-refractivity contribution in [3.8, 4) is 11.4 Å². The predicted octanol–water partition coefficient (Wildman–Crippen LogP) is 3.18. The van der Waals surface area contributed by atoms with Crippen LogP contribution in [0.25, 0.3) is 11.4 Å². The van der Waals surface area contributed by atoms with Crippen LogP contribution in [0.3, 0.4) is 0 Å². The van der Waals surface area contributed by atoms with E-state index in [1.54, 1.807) is 6.92 Å². The van der Waals surface area contributed by atoms with Crippen molar-refractivity contribution in [3.05, 3.63) is 72.1 Å². The van der Waals surface area contributed by atoms with Crippen LogP contribution in [0.1, 0.15) is 24.8 Å². The molecule has 3 aromatic rings. The number of rotatable bonds is 6. The van der Waals surface area contributed by atoms with E-state index in [1.807, 2.05) is 60.7 Å². The summed E-state index contributed by atoms with van der Waals surface area (Å²) in [5.41, 5.74) is 0.978. The number of nitrogens with zero attached hydrogens (tertiary/aromatic N) is 3. The molecule has 3 amide bonds. The Morgan fingerprint density at radius 2 is 1.71 bits per heavy atom. The summed E-state index contributed by atoms with van der Waals surface area (Å²) < 4.78 is 5.24. The van der Waals surface area contributed by atoms with Crippen molar-refractivity contribution in [2.75, 3.05) is 0 Å². The first kappa shape index (κ1) is 17.9.